The van der Waals surface area contributed by atoms with Gasteiger partial charge in [0, 0.05) is 6.92 Å². The maximum absolute atomic E-state index is 4.05. The SMILES string of the molecule is [CH2]C#Cc1cc(C)ns1. The summed E-state index contributed by atoms with van der Waals surface area (Å²) in [5.41, 5.74) is 1.03. The second-order valence-corrected chi connectivity index (χ2v) is 2.44. The summed E-state index contributed by atoms with van der Waals surface area (Å²) >= 11 is 1.41. The van der Waals surface area contributed by atoms with Gasteiger partial charge in [0.15, 0.2) is 0 Å². The molecule has 0 unspecified atom stereocenters. The third kappa shape index (κ3) is 1.55. The van der Waals surface area contributed by atoms with E-state index in [2.05, 4.69) is 23.1 Å². The highest BCUT2D eigenvalue weighted by Crippen LogP contribution is 2.05. The molecule has 9 heavy (non-hydrogen) atoms. The molecule has 1 rings (SSSR count). The van der Waals surface area contributed by atoms with Crippen molar-refractivity contribution in [3.05, 3.63) is 23.6 Å². The van der Waals surface area contributed by atoms with Gasteiger partial charge in [0.2, 0.25) is 0 Å². The molecular weight excluding hydrogens is 130 g/mol. The van der Waals surface area contributed by atoms with E-state index in [4.69, 9.17) is 0 Å². The molecule has 0 aliphatic carbocycles. The molecule has 0 aliphatic heterocycles. The van der Waals surface area contributed by atoms with E-state index in [1.54, 1.807) is 0 Å². The zero-order valence-electron chi connectivity index (χ0n) is 5.14. The fraction of sp³-hybridized carbons (Fsp3) is 0.143. The van der Waals surface area contributed by atoms with E-state index in [1.807, 2.05) is 13.0 Å². The number of aromatic nitrogens is 1. The van der Waals surface area contributed by atoms with Crippen molar-refractivity contribution in [1.82, 2.24) is 4.37 Å². The molecule has 0 atom stereocenters. The van der Waals surface area contributed by atoms with E-state index in [-0.39, 0.29) is 0 Å². The van der Waals surface area contributed by atoms with Crippen LogP contribution in [0.15, 0.2) is 6.07 Å². The number of nitrogens with zero attached hydrogens (tertiary/aromatic N) is 1. The van der Waals surface area contributed by atoms with Crippen molar-refractivity contribution in [3.8, 4) is 11.8 Å². The molecule has 0 fully saturated rings. The molecule has 1 aromatic heterocycles. The van der Waals surface area contributed by atoms with Crippen LogP contribution in [0.4, 0.5) is 0 Å². The van der Waals surface area contributed by atoms with Crippen LogP contribution in [0.2, 0.25) is 0 Å². The lowest BCUT2D eigenvalue weighted by atomic mass is 10.4. The molecule has 0 saturated heterocycles. The van der Waals surface area contributed by atoms with Gasteiger partial charge in [-0.2, -0.15) is 4.37 Å². The molecular formula is C7H6NS. The van der Waals surface area contributed by atoms with Crippen LogP contribution in [0.3, 0.4) is 0 Å². The molecule has 45 valence electrons. The molecule has 1 radical (unpaired) electrons. The minimum absolute atomic E-state index is 0.988. The van der Waals surface area contributed by atoms with Crippen LogP contribution in [-0.2, 0) is 0 Å². The second-order valence-electron chi connectivity index (χ2n) is 1.63. The normalized spacial score (nSPS) is 8.22. The summed E-state index contributed by atoms with van der Waals surface area (Å²) in [6.07, 6.45) is 0. The summed E-state index contributed by atoms with van der Waals surface area (Å²) < 4.78 is 4.05. The highest BCUT2D eigenvalue weighted by atomic mass is 32.1. The zero-order chi connectivity index (χ0) is 6.69. The van der Waals surface area contributed by atoms with Gasteiger partial charge in [0.25, 0.3) is 0 Å². The monoisotopic (exact) mass is 136 g/mol. The molecule has 0 aromatic carbocycles. The fourth-order valence-electron chi connectivity index (χ4n) is 0.510. The lowest BCUT2D eigenvalue weighted by Gasteiger charge is -1.69. The predicted molar refractivity (Wildman–Crippen MR) is 39.1 cm³/mol. The summed E-state index contributed by atoms with van der Waals surface area (Å²) in [6, 6.07) is 1.95. The Morgan fingerprint density at radius 2 is 2.56 bits per heavy atom. The zero-order valence-corrected chi connectivity index (χ0v) is 5.96. The molecule has 1 heterocycles. The van der Waals surface area contributed by atoms with Crippen LogP contribution < -0.4 is 0 Å². The molecule has 0 saturated carbocycles. The Bertz CT molecular complexity index is 251. The number of hydrogen-bond acceptors (Lipinski definition) is 2. The molecule has 0 spiro atoms. The largest absolute Gasteiger partial charge is 0.197 e. The van der Waals surface area contributed by atoms with Crippen molar-refractivity contribution in [2.75, 3.05) is 0 Å². The van der Waals surface area contributed by atoms with Crippen molar-refractivity contribution in [3.63, 3.8) is 0 Å². The highest BCUT2D eigenvalue weighted by Gasteiger charge is 1.90. The third-order valence-electron chi connectivity index (χ3n) is 0.840. The van der Waals surface area contributed by atoms with Gasteiger partial charge in [-0.25, -0.2) is 0 Å². The van der Waals surface area contributed by atoms with Gasteiger partial charge in [-0.15, -0.1) is 0 Å². The van der Waals surface area contributed by atoms with Crippen LogP contribution in [0.25, 0.3) is 0 Å². The van der Waals surface area contributed by atoms with Gasteiger partial charge in [-0.1, -0.05) is 11.8 Å². The van der Waals surface area contributed by atoms with Crippen molar-refractivity contribution in [2.24, 2.45) is 0 Å². The van der Waals surface area contributed by atoms with Gasteiger partial charge in [-0.3, -0.25) is 0 Å². The third-order valence-corrected chi connectivity index (χ3v) is 1.64. The van der Waals surface area contributed by atoms with E-state index in [9.17, 15) is 0 Å². The van der Waals surface area contributed by atoms with E-state index >= 15 is 0 Å². The van der Waals surface area contributed by atoms with E-state index in [0.717, 1.165) is 10.6 Å². The topological polar surface area (TPSA) is 12.9 Å². The van der Waals surface area contributed by atoms with Crippen LogP contribution in [0.1, 0.15) is 10.6 Å². The van der Waals surface area contributed by atoms with Crippen LogP contribution >= 0.6 is 11.5 Å². The van der Waals surface area contributed by atoms with Crippen molar-refractivity contribution < 1.29 is 0 Å². The van der Waals surface area contributed by atoms with E-state index in [0.29, 0.717) is 0 Å². The molecule has 1 nitrogen and oxygen atoms in total. The van der Waals surface area contributed by atoms with Crippen molar-refractivity contribution in [1.29, 1.82) is 0 Å². The summed E-state index contributed by atoms with van der Waals surface area (Å²) in [7, 11) is 0. The van der Waals surface area contributed by atoms with Gasteiger partial charge in [0.1, 0.15) is 0 Å². The lowest BCUT2D eigenvalue weighted by Crippen LogP contribution is -1.60. The van der Waals surface area contributed by atoms with E-state index < -0.39 is 0 Å². The molecule has 0 bridgehead atoms. The number of hydrogen-bond donors (Lipinski definition) is 0. The minimum Gasteiger partial charge on any atom is -0.197 e. The first-order chi connectivity index (χ1) is 4.33. The van der Waals surface area contributed by atoms with Gasteiger partial charge in [-0.05, 0) is 24.5 Å². The molecule has 0 amide bonds. The second kappa shape index (κ2) is 2.65. The molecule has 0 aliphatic rings. The van der Waals surface area contributed by atoms with Crippen LogP contribution in [0, 0.1) is 25.7 Å². The highest BCUT2D eigenvalue weighted by molar-refractivity contribution is 7.06. The standard InChI is InChI=1S/C7H6NS/c1-3-4-7-5-6(2)8-9-7/h5H,1H2,2H3. The van der Waals surface area contributed by atoms with E-state index in [1.165, 1.54) is 11.5 Å². The Morgan fingerprint density at radius 1 is 1.78 bits per heavy atom. The first-order valence-corrected chi connectivity index (χ1v) is 3.31. The lowest BCUT2D eigenvalue weighted by molar-refractivity contribution is 1.35. The Kier molecular flexibility index (Phi) is 1.86. The van der Waals surface area contributed by atoms with Gasteiger partial charge in [0.05, 0.1) is 10.6 Å². The van der Waals surface area contributed by atoms with Crippen LogP contribution in [-0.4, -0.2) is 4.37 Å². The Morgan fingerprint density at radius 3 is 3.00 bits per heavy atom. The summed E-state index contributed by atoms with van der Waals surface area (Å²) in [6.45, 7) is 5.36. The summed E-state index contributed by atoms with van der Waals surface area (Å²) in [5, 5.41) is 0. The van der Waals surface area contributed by atoms with Crippen molar-refractivity contribution >= 4 is 11.5 Å². The smallest absolute Gasteiger partial charge is 0.0977 e. The number of rotatable bonds is 0. The first-order valence-electron chi connectivity index (χ1n) is 2.54. The maximum atomic E-state index is 4.05. The van der Waals surface area contributed by atoms with Crippen LogP contribution in [0.5, 0.6) is 0 Å². The summed E-state index contributed by atoms with van der Waals surface area (Å²) in [4.78, 5) is 0.988. The predicted octanol–water partition coefficient (Wildman–Crippen LogP) is 1.64. The van der Waals surface area contributed by atoms with Gasteiger partial charge < -0.3 is 0 Å². The number of aryl methyl sites for hydroxylation is 1. The average molecular weight is 136 g/mol. The molecule has 2 heteroatoms. The summed E-state index contributed by atoms with van der Waals surface area (Å²) in [5.74, 6) is 5.39. The fourth-order valence-corrected chi connectivity index (χ4v) is 1.15. The molecule has 0 N–H and O–H groups in total. The van der Waals surface area contributed by atoms with Crippen molar-refractivity contribution in [2.45, 2.75) is 6.92 Å². The minimum atomic E-state index is 0.988. The molecule has 1 aromatic rings. The average Bonchev–Trinajstić information content (AvgIpc) is 2.17. The van der Waals surface area contributed by atoms with Gasteiger partial charge >= 0.3 is 0 Å². The Labute approximate surface area is 58.9 Å². The Balaban J connectivity index is 2.93. The first kappa shape index (κ1) is 6.31. The maximum Gasteiger partial charge on any atom is 0.0977 e. The Hall–Kier alpha value is -0.810. The quantitative estimate of drug-likeness (QED) is 0.494.